The predicted octanol–water partition coefficient (Wildman–Crippen LogP) is 2.28. The summed E-state index contributed by atoms with van der Waals surface area (Å²) in [5, 5.41) is 0. The molecule has 72 valence electrons. The third-order valence-electron chi connectivity index (χ3n) is 2.58. The molecule has 0 aromatic rings. The summed E-state index contributed by atoms with van der Waals surface area (Å²) in [6.45, 7) is 8.58. The van der Waals surface area contributed by atoms with Crippen molar-refractivity contribution in [2.75, 3.05) is 25.4 Å². The molecule has 1 aliphatic heterocycles. The highest BCUT2D eigenvalue weighted by Crippen LogP contribution is 2.20. The smallest absolute Gasteiger partial charge is 0.000725 e. The van der Waals surface area contributed by atoms with Gasteiger partial charge in [0.2, 0.25) is 0 Å². The summed E-state index contributed by atoms with van der Waals surface area (Å²) in [7, 11) is 0. The normalized spacial score (nSPS) is 32.2. The standard InChI is InChI=1S/C10H21NS/c1-9-6-10(2)8-11(7-9)4-3-5-12/h9-10,12H,3-8H2,1-2H3. The molecule has 1 heterocycles. The van der Waals surface area contributed by atoms with Crippen molar-refractivity contribution in [3.8, 4) is 0 Å². The summed E-state index contributed by atoms with van der Waals surface area (Å²) in [5.41, 5.74) is 0. The van der Waals surface area contributed by atoms with Crippen molar-refractivity contribution in [3.05, 3.63) is 0 Å². The van der Waals surface area contributed by atoms with E-state index in [0.29, 0.717) is 0 Å². The lowest BCUT2D eigenvalue weighted by atomic mass is 9.92. The van der Waals surface area contributed by atoms with E-state index >= 15 is 0 Å². The Hall–Kier alpha value is 0.310. The highest BCUT2D eigenvalue weighted by atomic mass is 32.1. The number of rotatable bonds is 3. The molecule has 1 saturated heterocycles. The van der Waals surface area contributed by atoms with E-state index in [1.54, 1.807) is 0 Å². The molecule has 0 radical (unpaired) electrons. The molecular formula is C10H21NS. The lowest BCUT2D eigenvalue weighted by Gasteiger charge is -2.34. The Balaban J connectivity index is 2.24. The third kappa shape index (κ3) is 3.36. The fourth-order valence-corrected chi connectivity index (χ4v) is 2.41. The summed E-state index contributed by atoms with van der Waals surface area (Å²) in [4.78, 5) is 2.59. The molecule has 0 amide bonds. The first-order chi connectivity index (χ1) is 5.72. The molecule has 0 aliphatic carbocycles. The van der Waals surface area contributed by atoms with Gasteiger partial charge in [0.1, 0.15) is 0 Å². The Bertz CT molecular complexity index is 117. The van der Waals surface area contributed by atoms with Crippen LogP contribution in [0.4, 0.5) is 0 Å². The van der Waals surface area contributed by atoms with E-state index in [1.807, 2.05) is 0 Å². The van der Waals surface area contributed by atoms with Crippen LogP contribution < -0.4 is 0 Å². The maximum Gasteiger partial charge on any atom is 0.000725 e. The largest absolute Gasteiger partial charge is 0.303 e. The van der Waals surface area contributed by atoms with Crippen LogP contribution >= 0.6 is 12.6 Å². The quantitative estimate of drug-likeness (QED) is 0.663. The van der Waals surface area contributed by atoms with E-state index < -0.39 is 0 Å². The van der Waals surface area contributed by atoms with Crippen LogP contribution in [0.15, 0.2) is 0 Å². The van der Waals surface area contributed by atoms with E-state index in [1.165, 1.54) is 32.5 Å². The lowest BCUT2D eigenvalue weighted by molar-refractivity contribution is 0.142. The Morgan fingerprint density at radius 3 is 2.33 bits per heavy atom. The second-order valence-corrected chi connectivity index (χ2v) is 4.73. The first-order valence-electron chi connectivity index (χ1n) is 5.05. The molecule has 0 saturated carbocycles. The SMILES string of the molecule is CC1CC(C)CN(CCCS)C1. The maximum absolute atomic E-state index is 4.24. The molecule has 2 unspecified atom stereocenters. The summed E-state index contributed by atoms with van der Waals surface area (Å²) >= 11 is 4.24. The highest BCUT2D eigenvalue weighted by molar-refractivity contribution is 7.80. The average molecular weight is 187 g/mol. The van der Waals surface area contributed by atoms with Crippen molar-refractivity contribution in [1.82, 2.24) is 4.90 Å². The average Bonchev–Trinajstić information content (AvgIpc) is 1.99. The van der Waals surface area contributed by atoms with Gasteiger partial charge in [-0.2, -0.15) is 12.6 Å². The first kappa shape index (κ1) is 10.4. The number of nitrogens with zero attached hydrogens (tertiary/aromatic N) is 1. The number of piperidine rings is 1. The summed E-state index contributed by atoms with van der Waals surface area (Å²) in [6.07, 6.45) is 2.65. The molecule has 0 aromatic carbocycles. The van der Waals surface area contributed by atoms with Crippen LogP contribution in [0.25, 0.3) is 0 Å². The predicted molar refractivity (Wildman–Crippen MR) is 57.9 cm³/mol. The van der Waals surface area contributed by atoms with Gasteiger partial charge in [-0.25, -0.2) is 0 Å². The van der Waals surface area contributed by atoms with Crippen molar-refractivity contribution in [1.29, 1.82) is 0 Å². The second kappa shape index (κ2) is 5.13. The summed E-state index contributed by atoms with van der Waals surface area (Å²) in [5.74, 6) is 2.82. The van der Waals surface area contributed by atoms with E-state index in [2.05, 4.69) is 31.4 Å². The van der Waals surface area contributed by atoms with E-state index in [9.17, 15) is 0 Å². The van der Waals surface area contributed by atoms with Crippen molar-refractivity contribution in [2.24, 2.45) is 11.8 Å². The van der Waals surface area contributed by atoms with Gasteiger partial charge in [-0.15, -0.1) is 0 Å². The lowest BCUT2D eigenvalue weighted by Crippen LogP contribution is -2.39. The van der Waals surface area contributed by atoms with Gasteiger partial charge in [0, 0.05) is 13.1 Å². The minimum atomic E-state index is 0.897. The molecule has 1 rings (SSSR count). The van der Waals surface area contributed by atoms with Crippen molar-refractivity contribution in [2.45, 2.75) is 26.7 Å². The van der Waals surface area contributed by atoms with Crippen LogP contribution in [0.5, 0.6) is 0 Å². The summed E-state index contributed by atoms with van der Waals surface area (Å²) in [6, 6.07) is 0. The van der Waals surface area contributed by atoms with Crippen molar-refractivity contribution >= 4 is 12.6 Å². The molecule has 12 heavy (non-hydrogen) atoms. The molecule has 2 heteroatoms. The van der Waals surface area contributed by atoms with Gasteiger partial charge in [0.05, 0.1) is 0 Å². The molecule has 2 atom stereocenters. The zero-order chi connectivity index (χ0) is 8.97. The van der Waals surface area contributed by atoms with Gasteiger partial charge in [0.15, 0.2) is 0 Å². The van der Waals surface area contributed by atoms with Crippen LogP contribution in [-0.4, -0.2) is 30.3 Å². The first-order valence-corrected chi connectivity index (χ1v) is 5.69. The van der Waals surface area contributed by atoms with Crippen LogP contribution in [0, 0.1) is 11.8 Å². The molecule has 0 bridgehead atoms. The van der Waals surface area contributed by atoms with E-state index in [4.69, 9.17) is 0 Å². The molecule has 1 nitrogen and oxygen atoms in total. The topological polar surface area (TPSA) is 3.24 Å². The number of likely N-dealkylation sites (tertiary alicyclic amines) is 1. The highest BCUT2D eigenvalue weighted by Gasteiger charge is 2.20. The van der Waals surface area contributed by atoms with E-state index in [-0.39, 0.29) is 0 Å². The number of hydrogen-bond acceptors (Lipinski definition) is 2. The summed E-state index contributed by atoms with van der Waals surface area (Å²) < 4.78 is 0. The molecular weight excluding hydrogens is 166 g/mol. The third-order valence-corrected chi connectivity index (χ3v) is 2.89. The van der Waals surface area contributed by atoms with Gasteiger partial charge < -0.3 is 4.90 Å². The molecule has 0 spiro atoms. The minimum Gasteiger partial charge on any atom is -0.303 e. The van der Waals surface area contributed by atoms with Crippen LogP contribution in [-0.2, 0) is 0 Å². The molecule has 1 aliphatic rings. The molecule has 1 fully saturated rings. The number of hydrogen-bond donors (Lipinski definition) is 1. The van der Waals surface area contributed by atoms with Crippen LogP contribution in [0.1, 0.15) is 26.7 Å². The van der Waals surface area contributed by atoms with E-state index in [0.717, 1.165) is 17.6 Å². The minimum absolute atomic E-state index is 0.897. The van der Waals surface area contributed by atoms with Gasteiger partial charge >= 0.3 is 0 Å². The second-order valence-electron chi connectivity index (χ2n) is 4.28. The zero-order valence-electron chi connectivity index (χ0n) is 8.29. The molecule has 0 N–H and O–H groups in total. The van der Waals surface area contributed by atoms with Gasteiger partial charge in [0.25, 0.3) is 0 Å². The van der Waals surface area contributed by atoms with Gasteiger partial charge in [-0.3, -0.25) is 0 Å². The molecule has 0 aromatic heterocycles. The van der Waals surface area contributed by atoms with Crippen LogP contribution in [0.2, 0.25) is 0 Å². The van der Waals surface area contributed by atoms with Crippen molar-refractivity contribution < 1.29 is 0 Å². The van der Waals surface area contributed by atoms with Crippen LogP contribution in [0.3, 0.4) is 0 Å². The Kier molecular flexibility index (Phi) is 4.44. The Morgan fingerprint density at radius 2 is 1.83 bits per heavy atom. The Morgan fingerprint density at radius 1 is 1.25 bits per heavy atom. The fourth-order valence-electron chi connectivity index (χ4n) is 2.27. The fraction of sp³-hybridized carbons (Fsp3) is 1.00. The number of thiol groups is 1. The monoisotopic (exact) mass is 187 g/mol. The van der Waals surface area contributed by atoms with Crippen molar-refractivity contribution in [3.63, 3.8) is 0 Å². The van der Waals surface area contributed by atoms with Gasteiger partial charge in [-0.1, -0.05) is 13.8 Å². The maximum atomic E-state index is 4.24. The Labute approximate surface area is 81.9 Å². The zero-order valence-corrected chi connectivity index (χ0v) is 9.19. The van der Waals surface area contributed by atoms with Gasteiger partial charge in [-0.05, 0) is 37.0 Å².